The predicted octanol–water partition coefficient (Wildman–Crippen LogP) is 3.54. The van der Waals surface area contributed by atoms with Gasteiger partial charge in [-0.15, -0.1) is 0 Å². The first kappa shape index (κ1) is 14.1. The van der Waals surface area contributed by atoms with E-state index in [-0.39, 0.29) is 6.42 Å². The van der Waals surface area contributed by atoms with Gasteiger partial charge in [-0.2, -0.15) is 0 Å². The van der Waals surface area contributed by atoms with Crippen molar-refractivity contribution in [1.82, 2.24) is 0 Å². The fraction of sp³-hybridized carbons (Fsp3) is 0.133. The highest BCUT2D eigenvalue weighted by atomic mass is 19.1. The van der Waals surface area contributed by atoms with Crippen molar-refractivity contribution < 1.29 is 22.7 Å². The third-order valence-electron chi connectivity index (χ3n) is 2.83. The predicted molar refractivity (Wildman–Crippen MR) is 67.3 cm³/mol. The van der Waals surface area contributed by atoms with Crippen LogP contribution in [-0.4, -0.2) is 12.9 Å². The molecule has 20 heavy (non-hydrogen) atoms. The van der Waals surface area contributed by atoms with Gasteiger partial charge in [0.05, 0.1) is 12.7 Å². The topological polar surface area (TPSA) is 26.3 Å². The molecule has 0 atom stereocenters. The van der Waals surface area contributed by atoms with Gasteiger partial charge in [0.2, 0.25) is 0 Å². The van der Waals surface area contributed by atoms with Gasteiger partial charge >= 0.3 is 0 Å². The molecule has 0 aliphatic heterocycles. The van der Waals surface area contributed by atoms with Crippen molar-refractivity contribution in [2.45, 2.75) is 6.42 Å². The molecule has 0 N–H and O–H groups in total. The minimum Gasteiger partial charge on any atom is -0.496 e. The second kappa shape index (κ2) is 5.77. The Hall–Kier alpha value is -2.30. The maximum absolute atomic E-state index is 13.5. The van der Waals surface area contributed by atoms with Crippen molar-refractivity contribution in [3.63, 3.8) is 0 Å². The van der Waals surface area contributed by atoms with Gasteiger partial charge in [-0.3, -0.25) is 4.79 Å². The highest BCUT2D eigenvalue weighted by Gasteiger charge is 2.20. The molecule has 0 bridgehead atoms. The Morgan fingerprint density at radius 3 is 2.30 bits per heavy atom. The third-order valence-corrected chi connectivity index (χ3v) is 2.83. The zero-order valence-corrected chi connectivity index (χ0v) is 10.6. The van der Waals surface area contributed by atoms with E-state index in [1.165, 1.54) is 7.11 Å². The normalized spacial score (nSPS) is 10.4. The maximum Gasteiger partial charge on any atom is 0.173 e. The quantitative estimate of drug-likeness (QED) is 0.801. The Balaban J connectivity index is 2.34. The number of benzene rings is 2. The van der Waals surface area contributed by atoms with E-state index in [9.17, 15) is 18.0 Å². The van der Waals surface area contributed by atoms with Gasteiger partial charge in [0.25, 0.3) is 0 Å². The summed E-state index contributed by atoms with van der Waals surface area (Å²) in [5.74, 6) is -3.80. The molecular formula is C15H11F3O2. The number of methoxy groups -OCH3 is 1. The Kier molecular flexibility index (Phi) is 4.08. The first-order chi connectivity index (χ1) is 9.52. The van der Waals surface area contributed by atoms with Crippen LogP contribution in [0.5, 0.6) is 5.75 Å². The molecule has 0 fully saturated rings. The number of para-hydroxylation sites is 1. The van der Waals surface area contributed by atoms with Gasteiger partial charge in [-0.05, 0) is 6.07 Å². The summed E-state index contributed by atoms with van der Waals surface area (Å²) in [6.45, 7) is 0. The van der Waals surface area contributed by atoms with E-state index >= 15 is 0 Å². The van der Waals surface area contributed by atoms with Crippen LogP contribution in [0.2, 0.25) is 0 Å². The number of ketones is 1. The molecule has 0 aliphatic carbocycles. The van der Waals surface area contributed by atoms with Crippen LogP contribution in [0.1, 0.15) is 15.9 Å². The van der Waals surface area contributed by atoms with E-state index in [0.717, 1.165) is 0 Å². The summed E-state index contributed by atoms with van der Waals surface area (Å²) in [7, 11) is 1.43. The summed E-state index contributed by atoms with van der Waals surface area (Å²) in [5, 5.41) is 0. The van der Waals surface area contributed by atoms with E-state index in [1.54, 1.807) is 24.3 Å². The molecule has 0 aromatic heterocycles. The molecule has 0 spiro atoms. The molecule has 0 radical (unpaired) electrons. The molecule has 104 valence electrons. The number of ether oxygens (including phenoxy) is 1. The number of carbonyl (C=O) groups excluding carboxylic acids is 1. The van der Waals surface area contributed by atoms with Crippen LogP contribution in [0.3, 0.4) is 0 Å². The molecule has 2 nitrogen and oxygen atoms in total. The van der Waals surface area contributed by atoms with Crippen molar-refractivity contribution in [3.05, 3.63) is 65.0 Å². The molecule has 0 unspecified atom stereocenters. The van der Waals surface area contributed by atoms with E-state index in [0.29, 0.717) is 23.4 Å². The largest absolute Gasteiger partial charge is 0.496 e. The van der Waals surface area contributed by atoms with Crippen LogP contribution < -0.4 is 4.74 Å². The van der Waals surface area contributed by atoms with Gasteiger partial charge in [0.1, 0.15) is 23.2 Å². The van der Waals surface area contributed by atoms with E-state index < -0.39 is 28.8 Å². The maximum atomic E-state index is 13.5. The summed E-state index contributed by atoms with van der Waals surface area (Å²) in [6, 6.07) is 7.63. The van der Waals surface area contributed by atoms with Gasteiger partial charge < -0.3 is 4.74 Å². The van der Waals surface area contributed by atoms with Crippen molar-refractivity contribution in [2.24, 2.45) is 0 Å². The van der Waals surface area contributed by atoms with Gasteiger partial charge in [-0.25, -0.2) is 13.2 Å². The van der Waals surface area contributed by atoms with Crippen LogP contribution in [-0.2, 0) is 6.42 Å². The molecule has 5 heteroatoms. The van der Waals surface area contributed by atoms with Crippen LogP contribution in [0.15, 0.2) is 36.4 Å². The summed E-state index contributed by atoms with van der Waals surface area (Å²) < 4.78 is 44.9. The van der Waals surface area contributed by atoms with E-state index in [4.69, 9.17) is 4.74 Å². The minimum absolute atomic E-state index is 0.233. The lowest BCUT2D eigenvalue weighted by Crippen LogP contribution is -2.10. The SMILES string of the molecule is COc1ccccc1CC(=O)c1c(F)cc(F)cc1F. The fourth-order valence-electron chi connectivity index (χ4n) is 1.92. The first-order valence-electron chi connectivity index (χ1n) is 5.82. The lowest BCUT2D eigenvalue weighted by atomic mass is 10.0. The molecule has 0 aliphatic rings. The number of Topliss-reactive ketones (excluding diaryl/α,β-unsaturated/α-hetero) is 1. The molecular weight excluding hydrogens is 269 g/mol. The molecule has 2 rings (SSSR count). The second-order valence-corrected chi connectivity index (χ2v) is 4.16. The Morgan fingerprint density at radius 2 is 1.70 bits per heavy atom. The smallest absolute Gasteiger partial charge is 0.173 e. The summed E-state index contributed by atoms with van der Waals surface area (Å²) in [4.78, 5) is 12.0. The number of hydrogen-bond acceptors (Lipinski definition) is 2. The van der Waals surface area contributed by atoms with Gasteiger partial charge in [-0.1, -0.05) is 18.2 Å². The van der Waals surface area contributed by atoms with Crippen LogP contribution in [0.25, 0.3) is 0 Å². The molecule has 0 saturated carbocycles. The summed E-state index contributed by atoms with van der Waals surface area (Å²) in [5.41, 5.74) is -0.236. The Morgan fingerprint density at radius 1 is 1.10 bits per heavy atom. The highest BCUT2D eigenvalue weighted by Crippen LogP contribution is 2.22. The molecule has 2 aromatic rings. The second-order valence-electron chi connectivity index (χ2n) is 4.16. The first-order valence-corrected chi connectivity index (χ1v) is 5.82. The van der Waals surface area contributed by atoms with Crippen molar-refractivity contribution >= 4 is 5.78 Å². The van der Waals surface area contributed by atoms with Crippen LogP contribution in [0.4, 0.5) is 13.2 Å². The number of hydrogen-bond donors (Lipinski definition) is 0. The van der Waals surface area contributed by atoms with E-state index in [1.807, 2.05) is 0 Å². The molecule has 0 heterocycles. The van der Waals surface area contributed by atoms with Crippen LogP contribution >= 0.6 is 0 Å². The average Bonchev–Trinajstić information content (AvgIpc) is 2.38. The molecule has 0 amide bonds. The van der Waals surface area contributed by atoms with Gasteiger partial charge in [0.15, 0.2) is 5.78 Å². The number of rotatable bonds is 4. The third kappa shape index (κ3) is 2.82. The zero-order valence-electron chi connectivity index (χ0n) is 10.6. The summed E-state index contributed by atoms with van der Waals surface area (Å²) in [6.07, 6.45) is -0.233. The minimum atomic E-state index is -1.21. The average molecular weight is 280 g/mol. The number of carbonyl (C=O) groups is 1. The van der Waals surface area contributed by atoms with Crippen molar-refractivity contribution in [1.29, 1.82) is 0 Å². The highest BCUT2D eigenvalue weighted by molar-refractivity contribution is 5.98. The monoisotopic (exact) mass is 280 g/mol. The Bertz CT molecular complexity index is 630. The standard InChI is InChI=1S/C15H11F3O2/c1-20-14-5-3-2-4-9(14)6-13(19)15-11(17)7-10(16)8-12(15)18/h2-5,7-8H,6H2,1H3. The zero-order chi connectivity index (χ0) is 14.7. The number of halogens is 3. The fourth-order valence-corrected chi connectivity index (χ4v) is 1.92. The van der Waals surface area contributed by atoms with Gasteiger partial charge in [0, 0.05) is 24.1 Å². The molecule has 2 aromatic carbocycles. The lowest BCUT2D eigenvalue weighted by molar-refractivity contribution is 0.0984. The van der Waals surface area contributed by atoms with Crippen molar-refractivity contribution in [2.75, 3.05) is 7.11 Å². The van der Waals surface area contributed by atoms with Crippen LogP contribution in [0, 0.1) is 17.5 Å². The molecule has 0 saturated heterocycles. The lowest BCUT2D eigenvalue weighted by Gasteiger charge is -2.08. The summed E-state index contributed by atoms with van der Waals surface area (Å²) >= 11 is 0. The Labute approximate surface area is 113 Å². The van der Waals surface area contributed by atoms with E-state index in [2.05, 4.69) is 0 Å². The van der Waals surface area contributed by atoms with Crippen molar-refractivity contribution in [3.8, 4) is 5.75 Å².